The average Bonchev–Trinajstić information content (AvgIpc) is 2.33. The number of hydrogen-bond acceptors (Lipinski definition) is 4. The Hall–Kier alpha value is -1.33. The number of aromatic carboxylic acids is 1. The van der Waals surface area contributed by atoms with Crippen molar-refractivity contribution in [2.24, 2.45) is 0 Å². The van der Waals surface area contributed by atoms with E-state index < -0.39 is 5.97 Å². The maximum absolute atomic E-state index is 11.1. The second-order valence-corrected chi connectivity index (χ2v) is 5.89. The molecule has 5 nitrogen and oxygen atoms in total. The van der Waals surface area contributed by atoms with Crippen molar-refractivity contribution in [2.45, 2.75) is 19.4 Å². The first-order chi connectivity index (χ1) is 8.81. The van der Waals surface area contributed by atoms with Gasteiger partial charge in [-0.15, -0.1) is 0 Å². The molecule has 0 atom stereocenters. The topological polar surface area (TPSA) is 56.7 Å². The van der Waals surface area contributed by atoms with Crippen LogP contribution in [-0.2, 0) is 0 Å². The van der Waals surface area contributed by atoms with Gasteiger partial charge < -0.3 is 10.0 Å². The van der Waals surface area contributed by atoms with E-state index in [4.69, 9.17) is 16.7 Å². The summed E-state index contributed by atoms with van der Waals surface area (Å²) in [6.45, 7) is 6.87. The van der Waals surface area contributed by atoms with Gasteiger partial charge in [-0.1, -0.05) is 11.6 Å². The summed E-state index contributed by atoms with van der Waals surface area (Å²) in [6.07, 6.45) is 1.41. The Balaban J connectivity index is 2.28. The molecular weight excluding hydrogens is 266 g/mol. The summed E-state index contributed by atoms with van der Waals surface area (Å²) < 4.78 is 0. The molecule has 1 aliphatic heterocycles. The van der Waals surface area contributed by atoms with E-state index in [1.807, 2.05) is 0 Å². The number of likely N-dealkylation sites (N-methyl/N-ethyl adjacent to an activating group) is 1. The number of nitrogens with zero attached hydrogens (tertiary/aromatic N) is 3. The zero-order chi connectivity index (χ0) is 14.2. The van der Waals surface area contributed by atoms with Crippen LogP contribution in [-0.4, -0.2) is 53.2 Å². The number of carboxylic acids is 1. The number of aromatic nitrogens is 1. The molecule has 1 N–H and O–H groups in total. The largest absolute Gasteiger partial charge is 0.478 e. The summed E-state index contributed by atoms with van der Waals surface area (Å²) >= 11 is 5.84. The number of halogens is 1. The Morgan fingerprint density at radius 1 is 1.47 bits per heavy atom. The molecule has 1 aromatic rings. The minimum Gasteiger partial charge on any atom is -0.478 e. The van der Waals surface area contributed by atoms with Crippen molar-refractivity contribution in [2.75, 3.05) is 31.6 Å². The molecule has 6 heteroatoms. The fourth-order valence-corrected chi connectivity index (χ4v) is 2.38. The average molecular weight is 284 g/mol. The maximum Gasteiger partial charge on any atom is 0.337 e. The van der Waals surface area contributed by atoms with Crippen LogP contribution in [0.25, 0.3) is 0 Å². The molecule has 0 spiro atoms. The van der Waals surface area contributed by atoms with Gasteiger partial charge >= 0.3 is 5.97 Å². The van der Waals surface area contributed by atoms with Gasteiger partial charge in [-0.2, -0.15) is 0 Å². The third kappa shape index (κ3) is 2.82. The fraction of sp³-hybridized carbons (Fsp3) is 0.538. The van der Waals surface area contributed by atoms with E-state index in [0.29, 0.717) is 5.82 Å². The predicted octanol–water partition coefficient (Wildman–Crippen LogP) is 1.96. The first-order valence-electron chi connectivity index (χ1n) is 6.16. The monoisotopic (exact) mass is 283 g/mol. The van der Waals surface area contributed by atoms with Gasteiger partial charge in [-0.3, -0.25) is 4.90 Å². The van der Waals surface area contributed by atoms with Crippen molar-refractivity contribution in [1.82, 2.24) is 9.88 Å². The number of carbonyl (C=O) groups is 1. The second kappa shape index (κ2) is 4.98. The molecule has 0 aliphatic carbocycles. The van der Waals surface area contributed by atoms with Crippen LogP contribution in [0.1, 0.15) is 24.2 Å². The Bertz CT molecular complexity index is 505. The summed E-state index contributed by atoms with van der Waals surface area (Å²) in [5, 5.41) is 9.27. The van der Waals surface area contributed by atoms with Crippen molar-refractivity contribution in [3.63, 3.8) is 0 Å². The van der Waals surface area contributed by atoms with Crippen LogP contribution in [0.2, 0.25) is 5.02 Å². The molecule has 0 radical (unpaired) electrons. The molecule has 1 aromatic heterocycles. The molecule has 1 fully saturated rings. The van der Waals surface area contributed by atoms with E-state index in [1.165, 1.54) is 6.20 Å². The van der Waals surface area contributed by atoms with E-state index in [2.05, 4.69) is 35.7 Å². The van der Waals surface area contributed by atoms with E-state index in [1.54, 1.807) is 6.07 Å². The highest BCUT2D eigenvalue weighted by Crippen LogP contribution is 2.25. The maximum atomic E-state index is 11.1. The Kier molecular flexibility index (Phi) is 3.69. The molecule has 0 amide bonds. The van der Waals surface area contributed by atoms with Crippen molar-refractivity contribution >= 4 is 23.4 Å². The summed E-state index contributed by atoms with van der Waals surface area (Å²) in [5.74, 6) is -0.356. The standard InChI is InChI=1S/C13H18ClN3O2/c1-13(2)8-17(5-4-16(13)3)11-6-9(12(18)19)10(14)7-15-11/h6-7H,4-5,8H2,1-3H3,(H,18,19). The molecule has 2 rings (SSSR count). The SMILES string of the molecule is CN1CCN(c2cc(C(=O)O)c(Cl)cn2)CC1(C)C. The molecule has 0 aromatic carbocycles. The van der Waals surface area contributed by atoms with Crippen LogP contribution in [0, 0.1) is 0 Å². The van der Waals surface area contributed by atoms with Crippen molar-refractivity contribution in [3.05, 3.63) is 22.8 Å². The van der Waals surface area contributed by atoms with Crippen molar-refractivity contribution < 1.29 is 9.90 Å². The minimum atomic E-state index is -1.03. The zero-order valence-corrected chi connectivity index (χ0v) is 12.1. The summed E-state index contributed by atoms with van der Waals surface area (Å²) in [4.78, 5) is 19.7. The highest BCUT2D eigenvalue weighted by atomic mass is 35.5. The van der Waals surface area contributed by atoms with Crippen molar-refractivity contribution in [1.29, 1.82) is 0 Å². The van der Waals surface area contributed by atoms with Gasteiger partial charge in [0, 0.05) is 31.4 Å². The van der Waals surface area contributed by atoms with Gasteiger partial charge in [0.2, 0.25) is 0 Å². The van der Waals surface area contributed by atoms with Crippen LogP contribution in [0.15, 0.2) is 12.3 Å². The predicted molar refractivity (Wildman–Crippen MR) is 75.1 cm³/mol. The number of anilines is 1. The molecule has 19 heavy (non-hydrogen) atoms. The van der Waals surface area contributed by atoms with E-state index in [9.17, 15) is 4.79 Å². The molecule has 1 saturated heterocycles. The zero-order valence-electron chi connectivity index (χ0n) is 11.4. The summed E-state index contributed by atoms with van der Waals surface area (Å²) in [6, 6.07) is 1.55. The lowest BCUT2D eigenvalue weighted by Crippen LogP contribution is -2.57. The number of pyridine rings is 1. The molecule has 2 heterocycles. The first kappa shape index (κ1) is 14.1. The lowest BCUT2D eigenvalue weighted by Gasteiger charge is -2.45. The third-order valence-electron chi connectivity index (χ3n) is 3.71. The van der Waals surface area contributed by atoms with E-state index >= 15 is 0 Å². The van der Waals surface area contributed by atoms with Crippen LogP contribution in [0.4, 0.5) is 5.82 Å². The van der Waals surface area contributed by atoms with Gasteiger partial charge in [-0.05, 0) is 27.0 Å². The fourth-order valence-electron chi connectivity index (χ4n) is 2.20. The quantitative estimate of drug-likeness (QED) is 0.899. The number of hydrogen-bond donors (Lipinski definition) is 1. The van der Waals surface area contributed by atoms with Gasteiger partial charge in [0.1, 0.15) is 5.82 Å². The van der Waals surface area contributed by atoms with Gasteiger partial charge in [0.05, 0.1) is 10.6 Å². The second-order valence-electron chi connectivity index (χ2n) is 5.48. The molecule has 1 aliphatic rings. The first-order valence-corrected chi connectivity index (χ1v) is 6.54. The lowest BCUT2D eigenvalue weighted by molar-refractivity contribution is 0.0697. The number of rotatable bonds is 2. The Morgan fingerprint density at radius 3 is 2.74 bits per heavy atom. The lowest BCUT2D eigenvalue weighted by atomic mass is 10.00. The Morgan fingerprint density at radius 2 is 2.16 bits per heavy atom. The van der Waals surface area contributed by atoms with Gasteiger partial charge in [-0.25, -0.2) is 9.78 Å². The number of piperazine rings is 1. The van der Waals surface area contributed by atoms with Crippen LogP contribution in [0.5, 0.6) is 0 Å². The van der Waals surface area contributed by atoms with E-state index in [0.717, 1.165) is 19.6 Å². The summed E-state index contributed by atoms with van der Waals surface area (Å²) in [5.41, 5.74) is 0.131. The molecule has 0 bridgehead atoms. The summed E-state index contributed by atoms with van der Waals surface area (Å²) in [7, 11) is 2.09. The van der Waals surface area contributed by atoms with Gasteiger partial charge in [0.25, 0.3) is 0 Å². The molecule has 104 valence electrons. The molecular formula is C13H18ClN3O2. The van der Waals surface area contributed by atoms with Crippen LogP contribution in [0.3, 0.4) is 0 Å². The highest BCUT2D eigenvalue weighted by Gasteiger charge is 2.31. The van der Waals surface area contributed by atoms with E-state index in [-0.39, 0.29) is 16.1 Å². The van der Waals surface area contributed by atoms with Crippen molar-refractivity contribution in [3.8, 4) is 0 Å². The van der Waals surface area contributed by atoms with Crippen LogP contribution < -0.4 is 4.90 Å². The smallest absolute Gasteiger partial charge is 0.337 e. The molecule has 0 unspecified atom stereocenters. The normalized spacial score (nSPS) is 19.5. The highest BCUT2D eigenvalue weighted by molar-refractivity contribution is 6.33. The third-order valence-corrected chi connectivity index (χ3v) is 4.01. The Labute approximate surface area is 117 Å². The molecule has 0 saturated carbocycles. The number of carboxylic acid groups (broad SMARTS) is 1. The van der Waals surface area contributed by atoms with Gasteiger partial charge in [0.15, 0.2) is 0 Å². The van der Waals surface area contributed by atoms with Crippen LogP contribution >= 0.6 is 11.6 Å². The minimum absolute atomic E-state index is 0.0307.